The number of nitriles is 1. The zero-order chi connectivity index (χ0) is 39.9. The quantitative estimate of drug-likeness (QED) is 0.180. The number of carbonyl (C=O) groups is 1. The van der Waals surface area contributed by atoms with Crippen LogP contribution in [-0.2, 0) is 32.6 Å². The predicted molar refractivity (Wildman–Crippen MR) is 205 cm³/mol. The highest BCUT2D eigenvalue weighted by Gasteiger charge is 2.57. The van der Waals surface area contributed by atoms with Crippen LogP contribution in [-0.4, -0.2) is 99.3 Å². The van der Waals surface area contributed by atoms with E-state index in [1.807, 2.05) is 20.9 Å². The van der Waals surface area contributed by atoms with E-state index in [0.29, 0.717) is 63.5 Å². The minimum absolute atomic E-state index is 0.0115. The summed E-state index contributed by atoms with van der Waals surface area (Å²) in [5.41, 5.74) is 5.04. The van der Waals surface area contributed by atoms with Crippen LogP contribution in [0.4, 0.5) is 0 Å². The summed E-state index contributed by atoms with van der Waals surface area (Å²) in [5.74, 6) is 1.25. The van der Waals surface area contributed by atoms with Crippen molar-refractivity contribution in [3.8, 4) is 40.6 Å². The lowest BCUT2D eigenvalue weighted by Crippen LogP contribution is -2.68. The first-order chi connectivity index (χ1) is 26.3. The van der Waals surface area contributed by atoms with Crippen molar-refractivity contribution in [2.24, 2.45) is 0 Å². The maximum absolute atomic E-state index is 13.8. The van der Waals surface area contributed by atoms with Crippen molar-refractivity contribution >= 4 is 13.5 Å². The molecule has 1 saturated heterocycles. The third-order valence-electron chi connectivity index (χ3n) is 11.4. The van der Waals surface area contributed by atoms with Crippen molar-refractivity contribution in [1.29, 1.82) is 5.26 Å². The van der Waals surface area contributed by atoms with Gasteiger partial charge >= 0.3 is 7.60 Å². The first kappa shape index (κ1) is 40.2. The van der Waals surface area contributed by atoms with Gasteiger partial charge in [0.15, 0.2) is 23.0 Å². The zero-order valence-electron chi connectivity index (χ0n) is 32.9. The summed E-state index contributed by atoms with van der Waals surface area (Å²) in [5, 5.41) is 37.9. The molecule has 3 aromatic rings. The summed E-state index contributed by atoms with van der Waals surface area (Å²) in [6.07, 6.45) is 0.805. The summed E-state index contributed by atoms with van der Waals surface area (Å²) in [6.45, 7) is 7.66. The number of nitrogens with one attached hydrogen (secondary N) is 1. The Labute approximate surface area is 322 Å². The fourth-order valence-corrected chi connectivity index (χ4v) is 10.9. The molecule has 3 aliphatic heterocycles. The van der Waals surface area contributed by atoms with Crippen LogP contribution >= 0.6 is 7.60 Å². The number of methoxy groups -OCH3 is 4. The molecular formula is C40H51N4O10P. The maximum atomic E-state index is 13.8. The van der Waals surface area contributed by atoms with Crippen molar-refractivity contribution in [2.45, 2.75) is 76.9 Å². The molecule has 3 aliphatic rings. The van der Waals surface area contributed by atoms with Crippen molar-refractivity contribution in [3.05, 3.63) is 68.8 Å². The highest BCUT2D eigenvalue weighted by atomic mass is 31.2. The largest absolute Gasteiger partial charge is 0.504 e. The minimum Gasteiger partial charge on any atom is -0.504 e. The number of aromatic hydroxyl groups is 2. The Morgan fingerprint density at radius 3 is 1.87 bits per heavy atom. The molecular weight excluding hydrogens is 727 g/mol. The Bertz CT molecular complexity index is 2040. The van der Waals surface area contributed by atoms with Crippen molar-refractivity contribution in [3.63, 3.8) is 0 Å². The Kier molecular flexibility index (Phi) is 11.6. The standard InChI is InChI=1S/C40H51N4O10P/c1-10-53-55(48,54-11-2)20-23-12-14-24(15-13-23)40(47)42-19-30-31-25(36(49-6)21(3)38(51-8)34(31)45)17-28-33-32-26(16-27(43(33)5)29(18-41)44(28)30)37(50-7)22(4)39(52-9)35(32)46/h12-15,27-30,33,45-46H,10-11,16-17,19-20H2,1-9H3,(H,42,47)/t27-,28-,29-,30-,33-/m0/s1. The SMILES string of the molecule is CCOP(=O)(Cc1ccc(C(=O)NC[C@H]2c3c(O)c(OC)c(C)c(OC)c3C[C@H]3[C@H]4c5c(O)c(OC)c(C)c(OC)c5C[C@@H]([C@H](C#N)N23)N4C)cc1)OCC. The second kappa shape index (κ2) is 15.9. The van der Waals surface area contributed by atoms with Crippen LogP contribution in [0.15, 0.2) is 24.3 Å². The highest BCUT2D eigenvalue weighted by molar-refractivity contribution is 7.53. The number of ether oxygens (including phenoxy) is 4. The molecule has 0 spiro atoms. The van der Waals surface area contributed by atoms with E-state index in [1.165, 1.54) is 14.2 Å². The lowest BCUT2D eigenvalue weighted by molar-refractivity contribution is -0.0724. The Hall–Kier alpha value is -4.51. The van der Waals surface area contributed by atoms with Crippen molar-refractivity contribution in [1.82, 2.24) is 15.1 Å². The fraction of sp³-hybridized carbons (Fsp3) is 0.500. The van der Waals surface area contributed by atoms with Gasteiger partial charge in [0.25, 0.3) is 5.91 Å². The third-order valence-corrected chi connectivity index (χ3v) is 13.4. The van der Waals surface area contributed by atoms with Gasteiger partial charge in [-0.15, -0.1) is 0 Å². The molecule has 3 heterocycles. The van der Waals surface area contributed by atoms with Gasteiger partial charge in [0.2, 0.25) is 0 Å². The lowest BCUT2D eigenvalue weighted by Gasteiger charge is -2.60. The number of amides is 1. The number of hydrogen-bond donors (Lipinski definition) is 3. The average molecular weight is 779 g/mol. The summed E-state index contributed by atoms with van der Waals surface area (Å²) in [6, 6.07) is 6.68. The first-order valence-electron chi connectivity index (χ1n) is 18.4. The van der Waals surface area contributed by atoms with Crippen LogP contribution in [0.25, 0.3) is 0 Å². The first-order valence-corrected chi connectivity index (χ1v) is 20.1. The maximum Gasteiger partial charge on any atom is 0.335 e. The molecule has 5 atom stereocenters. The summed E-state index contributed by atoms with van der Waals surface area (Å²) >= 11 is 0. The smallest absolute Gasteiger partial charge is 0.335 e. The summed E-state index contributed by atoms with van der Waals surface area (Å²) in [4.78, 5) is 18.1. The molecule has 0 saturated carbocycles. The number of phenols is 2. The normalized spacial score (nSPS) is 21.8. The molecule has 1 amide bonds. The van der Waals surface area contributed by atoms with Gasteiger partial charge in [0.1, 0.15) is 17.5 Å². The van der Waals surface area contributed by atoms with Gasteiger partial charge < -0.3 is 43.5 Å². The molecule has 15 heteroatoms. The second-order valence-electron chi connectivity index (χ2n) is 14.1. The monoisotopic (exact) mass is 778 g/mol. The van der Waals surface area contributed by atoms with Gasteiger partial charge in [0, 0.05) is 57.6 Å². The number of carbonyl (C=O) groups excluding carboxylic acids is 1. The zero-order valence-corrected chi connectivity index (χ0v) is 33.8. The molecule has 296 valence electrons. The van der Waals surface area contributed by atoms with E-state index in [9.17, 15) is 24.8 Å². The molecule has 3 N–H and O–H groups in total. The average Bonchev–Trinajstić information content (AvgIpc) is 3.15. The molecule has 0 aromatic heterocycles. The second-order valence-corrected chi connectivity index (χ2v) is 16.1. The predicted octanol–water partition coefficient (Wildman–Crippen LogP) is 5.72. The number of phenolic OH excluding ortho intramolecular Hbond substituents is 2. The van der Waals surface area contributed by atoms with Gasteiger partial charge in [-0.1, -0.05) is 12.1 Å². The van der Waals surface area contributed by atoms with Gasteiger partial charge in [0.05, 0.1) is 66.0 Å². The Balaban J connectivity index is 1.45. The third kappa shape index (κ3) is 6.66. The van der Waals surface area contributed by atoms with E-state index >= 15 is 0 Å². The summed E-state index contributed by atoms with van der Waals surface area (Å²) in [7, 11) is 4.76. The number of nitrogens with zero attached hydrogens (tertiary/aromatic N) is 3. The van der Waals surface area contributed by atoms with Crippen molar-refractivity contribution in [2.75, 3.05) is 55.2 Å². The summed E-state index contributed by atoms with van der Waals surface area (Å²) < 4.78 is 47.4. The van der Waals surface area contributed by atoms with Gasteiger partial charge in [-0.3, -0.25) is 19.2 Å². The van der Waals surface area contributed by atoms with E-state index in [2.05, 4.69) is 21.2 Å². The van der Waals surface area contributed by atoms with Crippen LogP contribution in [0.3, 0.4) is 0 Å². The molecule has 14 nitrogen and oxygen atoms in total. The van der Waals surface area contributed by atoms with Crippen LogP contribution in [0.5, 0.6) is 34.5 Å². The lowest BCUT2D eigenvalue weighted by atomic mass is 9.71. The van der Waals surface area contributed by atoms with E-state index < -0.39 is 31.8 Å². The number of fused-ring (bicyclic) bond motifs is 7. The van der Waals surface area contributed by atoms with E-state index in [1.54, 1.807) is 52.3 Å². The molecule has 1 fully saturated rings. The number of likely N-dealkylation sites (N-methyl/N-ethyl adjacent to an activating group) is 1. The number of rotatable bonds is 13. The molecule has 0 aliphatic carbocycles. The molecule has 55 heavy (non-hydrogen) atoms. The van der Waals surface area contributed by atoms with Crippen LogP contribution in [0.2, 0.25) is 0 Å². The molecule has 3 aromatic carbocycles. The van der Waals surface area contributed by atoms with Crippen molar-refractivity contribution < 1.29 is 47.6 Å². The highest BCUT2D eigenvalue weighted by Crippen LogP contribution is 2.59. The number of piperazine rings is 1. The number of hydrogen-bond acceptors (Lipinski definition) is 13. The van der Waals surface area contributed by atoms with Gasteiger partial charge in [-0.2, -0.15) is 5.26 Å². The van der Waals surface area contributed by atoms with Crippen LogP contribution in [0, 0.1) is 25.2 Å². The van der Waals surface area contributed by atoms with Crippen LogP contribution < -0.4 is 24.3 Å². The molecule has 0 unspecified atom stereocenters. The molecule has 0 radical (unpaired) electrons. The Morgan fingerprint density at radius 2 is 1.36 bits per heavy atom. The van der Waals surface area contributed by atoms with E-state index in [-0.39, 0.29) is 55.1 Å². The number of benzene rings is 3. The molecule has 2 bridgehead atoms. The van der Waals surface area contributed by atoms with E-state index in [0.717, 1.165) is 11.1 Å². The topological polar surface area (TPSA) is 172 Å². The fourth-order valence-electron chi connectivity index (χ4n) is 9.21. The van der Waals surface area contributed by atoms with E-state index in [4.69, 9.17) is 28.0 Å². The van der Waals surface area contributed by atoms with Crippen LogP contribution in [0.1, 0.15) is 75.2 Å². The minimum atomic E-state index is -3.35. The van der Waals surface area contributed by atoms with Gasteiger partial charge in [-0.25, -0.2) is 0 Å². The Morgan fingerprint density at radius 1 is 0.855 bits per heavy atom. The molecule has 6 rings (SSSR count). The van der Waals surface area contributed by atoms with Gasteiger partial charge in [-0.05, 0) is 65.3 Å².